The number of nitrogens with zero attached hydrogens (tertiary/aromatic N) is 4. The van der Waals surface area contributed by atoms with Crippen LogP contribution in [0.1, 0.15) is 38.8 Å². The first-order chi connectivity index (χ1) is 13.7. The number of ether oxygens (including phenoxy) is 1. The Morgan fingerprint density at radius 2 is 2.07 bits per heavy atom. The summed E-state index contributed by atoms with van der Waals surface area (Å²) >= 11 is 0. The summed E-state index contributed by atoms with van der Waals surface area (Å²) in [5.74, 6) is 0.940. The number of carbonyl (C=O) groups is 1. The molecule has 0 radical (unpaired) electrons. The second kappa shape index (κ2) is 9.03. The van der Waals surface area contributed by atoms with E-state index < -0.39 is 5.60 Å². The summed E-state index contributed by atoms with van der Waals surface area (Å²) in [5, 5.41) is 3.50. The molecule has 1 aromatic rings. The fraction of sp³-hybridized carbons (Fsp3) is 0.636. The van der Waals surface area contributed by atoms with Gasteiger partial charge in [0.25, 0.3) is 0 Å². The van der Waals surface area contributed by atoms with E-state index in [-0.39, 0.29) is 12.1 Å². The molecule has 0 saturated carbocycles. The summed E-state index contributed by atoms with van der Waals surface area (Å²) in [6.45, 7) is 13.4. The molecule has 29 heavy (non-hydrogen) atoms. The van der Waals surface area contributed by atoms with Gasteiger partial charge < -0.3 is 24.8 Å². The van der Waals surface area contributed by atoms with Gasteiger partial charge in [0.15, 0.2) is 5.96 Å². The number of hydrogen-bond acceptors (Lipinski definition) is 6. The van der Waals surface area contributed by atoms with Crippen molar-refractivity contribution in [2.45, 2.75) is 52.4 Å². The fourth-order valence-corrected chi connectivity index (χ4v) is 3.67. The van der Waals surface area contributed by atoms with E-state index in [2.05, 4.69) is 53.4 Å². The minimum atomic E-state index is -0.465. The highest BCUT2D eigenvalue weighted by molar-refractivity contribution is 5.82. The molecule has 1 atom stereocenters. The van der Waals surface area contributed by atoms with E-state index in [9.17, 15) is 4.79 Å². The molecule has 2 aliphatic heterocycles. The number of nitrogens with one attached hydrogen (secondary N) is 1. The quantitative estimate of drug-likeness (QED) is 0.822. The molecular formula is C22H35N5O2. The molecule has 0 spiro atoms. The zero-order valence-electron chi connectivity index (χ0n) is 18.4. The number of guanidine groups is 1. The molecule has 3 rings (SSSR count). The van der Waals surface area contributed by atoms with Crippen LogP contribution in [0, 0.1) is 0 Å². The molecule has 1 fully saturated rings. The van der Waals surface area contributed by atoms with Crippen LogP contribution in [0.2, 0.25) is 0 Å². The summed E-state index contributed by atoms with van der Waals surface area (Å²) < 4.78 is 5.52. The van der Waals surface area contributed by atoms with Crippen molar-refractivity contribution in [3.8, 4) is 0 Å². The van der Waals surface area contributed by atoms with Gasteiger partial charge in [-0.15, -0.1) is 0 Å². The molecule has 1 aromatic carbocycles. The Hall–Kier alpha value is -2.28. The first kappa shape index (κ1) is 21.4. The van der Waals surface area contributed by atoms with E-state index in [4.69, 9.17) is 9.73 Å². The predicted octanol–water partition coefficient (Wildman–Crippen LogP) is 2.52. The van der Waals surface area contributed by atoms with Crippen LogP contribution in [-0.2, 0) is 17.8 Å². The first-order valence-electron chi connectivity index (χ1n) is 10.5. The van der Waals surface area contributed by atoms with E-state index in [1.54, 1.807) is 4.90 Å². The number of carbonyl (C=O) groups excluding carboxylic acids is 1. The number of aliphatic imine (C=N–C) groups is 1. The van der Waals surface area contributed by atoms with E-state index in [0.29, 0.717) is 19.6 Å². The Bertz CT molecular complexity index is 743. The van der Waals surface area contributed by atoms with Crippen LogP contribution in [0.5, 0.6) is 0 Å². The second-order valence-electron chi connectivity index (χ2n) is 8.94. The van der Waals surface area contributed by atoms with Crippen LogP contribution in [0.4, 0.5) is 4.79 Å². The van der Waals surface area contributed by atoms with Gasteiger partial charge in [0.1, 0.15) is 5.60 Å². The Balaban J connectivity index is 1.51. The molecule has 1 unspecified atom stereocenters. The summed E-state index contributed by atoms with van der Waals surface area (Å²) in [7, 11) is 2.13. The van der Waals surface area contributed by atoms with Crippen molar-refractivity contribution in [2.75, 3.05) is 39.8 Å². The highest BCUT2D eigenvalue weighted by Crippen LogP contribution is 2.19. The van der Waals surface area contributed by atoms with Gasteiger partial charge in [0.05, 0.1) is 12.6 Å². The lowest BCUT2D eigenvalue weighted by molar-refractivity contribution is 0.0137. The van der Waals surface area contributed by atoms with Crippen molar-refractivity contribution < 1.29 is 9.53 Å². The number of benzene rings is 1. The number of piperazine rings is 1. The molecule has 1 N–H and O–H groups in total. The lowest BCUT2D eigenvalue weighted by Gasteiger charge is -2.39. The van der Waals surface area contributed by atoms with Crippen molar-refractivity contribution in [3.63, 3.8) is 0 Å². The van der Waals surface area contributed by atoms with Crippen LogP contribution >= 0.6 is 0 Å². The topological polar surface area (TPSA) is 60.4 Å². The Labute approximate surface area is 174 Å². The largest absolute Gasteiger partial charge is 0.444 e. The van der Waals surface area contributed by atoms with Gasteiger partial charge in [-0.1, -0.05) is 31.2 Å². The third-order valence-electron chi connectivity index (χ3n) is 5.29. The maximum absolute atomic E-state index is 12.4. The van der Waals surface area contributed by atoms with Crippen molar-refractivity contribution in [2.24, 2.45) is 4.99 Å². The number of rotatable bonds is 5. The van der Waals surface area contributed by atoms with Crippen LogP contribution in [0.15, 0.2) is 29.3 Å². The standard InChI is InChI=1S/C22H35N5O2/c1-6-25(5)15-18-9-7-8-17(12-18)13-23-20-24-14-19-16-26(10-11-27(19)20)21(28)29-22(2,3)4/h7-9,12,19H,6,10-11,13-16H2,1-5H3,(H,23,24). The van der Waals surface area contributed by atoms with E-state index in [0.717, 1.165) is 32.1 Å². The van der Waals surface area contributed by atoms with Crippen molar-refractivity contribution in [3.05, 3.63) is 35.4 Å². The van der Waals surface area contributed by atoms with Crippen molar-refractivity contribution >= 4 is 12.1 Å². The minimum absolute atomic E-state index is 0.225. The average molecular weight is 402 g/mol. The Morgan fingerprint density at radius 1 is 1.31 bits per heavy atom. The summed E-state index contributed by atoms with van der Waals surface area (Å²) in [4.78, 5) is 23.4. The van der Waals surface area contributed by atoms with Gasteiger partial charge in [-0.2, -0.15) is 0 Å². The van der Waals surface area contributed by atoms with E-state index >= 15 is 0 Å². The van der Waals surface area contributed by atoms with Crippen LogP contribution in [0.3, 0.4) is 0 Å². The smallest absolute Gasteiger partial charge is 0.410 e. The lowest BCUT2D eigenvalue weighted by Crippen LogP contribution is -2.57. The van der Waals surface area contributed by atoms with Gasteiger partial charge in [-0.25, -0.2) is 4.79 Å². The molecule has 7 heteroatoms. The summed E-state index contributed by atoms with van der Waals surface area (Å²) in [6, 6.07) is 8.93. The molecule has 0 bridgehead atoms. The molecule has 0 aromatic heterocycles. The number of hydrogen-bond donors (Lipinski definition) is 1. The minimum Gasteiger partial charge on any atom is -0.444 e. The zero-order valence-corrected chi connectivity index (χ0v) is 18.4. The highest BCUT2D eigenvalue weighted by Gasteiger charge is 2.36. The molecule has 160 valence electrons. The summed E-state index contributed by atoms with van der Waals surface area (Å²) in [6.07, 6.45) is -0.229. The Morgan fingerprint density at radius 3 is 2.79 bits per heavy atom. The first-order valence-corrected chi connectivity index (χ1v) is 10.5. The number of fused-ring (bicyclic) bond motifs is 1. The zero-order chi connectivity index (χ0) is 21.0. The third kappa shape index (κ3) is 5.85. The monoisotopic (exact) mass is 401 g/mol. The van der Waals surface area contributed by atoms with Crippen LogP contribution < -0.4 is 5.32 Å². The molecular weight excluding hydrogens is 366 g/mol. The second-order valence-corrected chi connectivity index (χ2v) is 8.94. The highest BCUT2D eigenvalue weighted by atomic mass is 16.6. The molecule has 1 saturated heterocycles. The third-order valence-corrected chi connectivity index (χ3v) is 5.29. The molecule has 7 nitrogen and oxygen atoms in total. The van der Waals surface area contributed by atoms with Gasteiger partial charge in [0.2, 0.25) is 0 Å². The molecule has 0 aliphatic carbocycles. The van der Waals surface area contributed by atoms with E-state index in [1.165, 1.54) is 11.1 Å². The van der Waals surface area contributed by atoms with Crippen LogP contribution in [0.25, 0.3) is 0 Å². The molecule has 1 amide bonds. The number of amides is 1. The Kier molecular flexibility index (Phi) is 6.67. The van der Waals surface area contributed by atoms with Crippen LogP contribution in [-0.4, -0.2) is 78.2 Å². The van der Waals surface area contributed by atoms with Gasteiger partial charge in [-0.3, -0.25) is 4.99 Å². The fourth-order valence-electron chi connectivity index (χ4n) is 3.67. The predicted molar refractivity (Wildman–Crippen MR) is 116 cm³/mol. The van der Waals surface area contributed by atoms with E-state index in [1.807, 2.05) is 20.8 Å². The maximum atomic E-state index is 12.4. The lowest BCUT2D eigenvalue weighted by atomic mass is 10.1. The van der Waals surface area contributed by atoms with Gasteiger partial charge in [-0.05, 0) is 45.5 Å². The normalized spacial score (nSPS) is 19.2. The van der Waals surface area contributed by atoms with Gasteiger partial charge in [0, 0.05) is 32.7 Å². The molecule has 2 heterocycles. The maximum Gasteiger partial charge on any atom is 0.410 e. The SMILES string of the molecule is CCN(C)Cc1cccc(CNC2=NCC3CN(C(=O)OC(C)(C)C)CCN23)c1. The van der Waals surface area contributed by atoms with Crippen molar-refractivity contribution in [1.82, 2.24) is 20.0 Å². The van der Waals surface area contributed by atoms with Crippen molar-refractivity contribution in [1.29, 1.82) is 0 Å². The average Bonchev–Trinajstić information content (AvgIpc) is 3.07. The van der Waals surface area contributed by atoms with Gasteiger partial charge >= 0.3 is 6.09 Å². The molecule has 2 aliphatic rings. The summed E-state index contributed by atoms with van der Waals surface area (Å²) in [5.41, 5.74) is 2.12.